The number of rotatable bonds is 8. The molecule has 0 aromatic carbocycles. The van der Waals surface area contributed by atoms with Crippen molar-refractivity contribution in [1.29, 1.82) is 0 Å². The van der Waals surface area contributed by atoms with Crippen LogP contribution in [0.4, 0.5) is 0 Å². The number of thiazole rings is 1. The zero-order chi connectivity index (χ0) is 18.1. The Labute approximate surface area is 180 Å². The third kappa shape index (κ3) is 8.99. The van der Waals surface area contributed by atoms with E-state index in [0.29, 0.717) is 0 Å². The highest BCUT2D eigenvalue weighted by Gasteiger charge is 2.20. The fourth-order valence-corrected chi connectivity index (χ4v) is 4.28. The van der Waals surface area contributed by atoms with Gasteiger partial charge in [0.1, 0.15) is 0 Å². The van der Waals surface area contributed by atoms with Crippen LogP contribution in [-0.4, -0.2) is 55.1 Å². The minimum atomic E-state index is 0. The average molecular weight is 494 g/mol. The summed E-state index contributed by atoms with van der Waals surface area (Å²) in [6.45, 7) is 15.2. The molecule has 2 atom stereocenters. The maximum absolute atomic E-state index is 4.72. The number of aliphatic imine (C=N–C) groups is 1. The van der Waals surface area contributed by atoms with Crippen molar-refractivity contribution in [2.45, 2.75) is 47.0 Å². The van der Waals surface area contributed by atoms with Gasteiger partial charge in [-0.3, -0.25) is 4.99 Å². The Morgan fingerprint density at radius 3 is 2.65 bits per heavy atom. The minimum absolute atomic E-state index is 0. The number of aromatic nitrogens is 1. The van der Waals surface area contributed by atoms with E-state index in [1.54, 1.807) is 11.3 Å². The van der Waals surface area contributed by atoms with E-state index in [1.165, 1.54) is 25.2 Å². The third-order valence-corrected chi connectivity index (χ3v) is 5.35. The zero-order valence-corrected chi connectivity index (χ0v) is 19.9. The van der Waals surface area contributed by atoms with Crippen LogP contribution in [0, 0.1) is 18.8 Å². The normalized spacial score (nSPS) is 21.3. The van der Waals surface area contributed by atoms with E-state index in [0.717, 1.165) is 61.8 Å². The molecule has 1 saturated heterocycles. The molecule has 5 nitrogen and oxygen atoms in total. The van der Waals surface area contributed by atoms with Crippen molar-refractivity contribution in [3.05, 3.63) is 16.1 Å². The molecule has 1 fully saturated rings. The van der Waals surface area contributed by atoms with Gasteiger partial charge >= 0.3 is 0 Å². The maximum atomic E-state index is 4.72. The van der Waals surface area contributed by atoms with Crippen molar-refractivity contribution in [1.82, 2.24) is 20.5 Å². The molecular formula is C19H36IN5S. The molecule has 0 bridgehead atoms. The molecule has 0 aliphatic carbocycles. The van der Waals surface area contributed by atoms with Crippen molar-refractivity contribution in [3.8, 4) is 0 Å². The Kier molecular flexibility index (Phi) is 11.7. The lowest BCUT2D eigenvalue weighted by molar-refractivity contribution is 0.140. The Hall–Kier alpha value is -0.410. The summed E-state index contributed by atoms with van der Waals surface area (Å²) in [6.07, 6.45) is 3.45. The molecule has 2 rings (SSSR count). The molecular weight excluding hydrogens is 457 g/mol. The monoisotopic (exact) mass is 493 g/mol. The summed E-state index contributed by atoms with van der Waals surface area (Å²) in [6, 6.07) is 0. The fraction of sp³-hybridized carbons (Fsp3) is 0.789. The van der Waals surface area contributed by atoms with Crippen molar-refractivity contribution in [3.63, 3.8) is 0 Å². The molecule has 2 N–H and O–H groups in total. The van der Waals surface area contributed by atoms with E-state index in [9.17, 15) is 0 Å². The Morgan fingerprint density at radius 1 is 1.31 bits per heavy atom. The van der Waals surface area contributed by atoms with Gasteiger partial charge in [-0.2, -0.15) is 0 Å². The second kappa shape index (κ2) is 12.9. The largest absolute Gasteiger partial charge is 0.357 e. The number of nitrogens with zero attached hydrogens (tertiary/aromatic N) is 3. The van der Waals surface area contributed by atoms with E-state index < -0.39 is 0 Å². The SMILES string of the molecule is CCNC(=NCCCN1CC(C)CC(C)C1)NCCc1csc(C)n1.I. The molecule has 0 saturated carbocycles. The maximum Gasteiger partial charge on any atom is 0.191 e. The standard InChI is InChI=1S/C19H35N5S.HI/c1-5-20-19(22-9-7-18-14-25-17(4)23-18)21-8-6-10-24-12-15(2)11-16(3)13-24;/h14-16H,5-13H2,1-4H3,(H2,20,21,22);1H. The van der Waals surface area contributed by atoms with Crippen LogP contribution >= 0.6 is 35.3 Å². The van der Waals surface area contributed by atoms with Crippen LogP contribution in [0.5, 0.6) is 0 Å². The number of hydrogen-bond donors (Lipinski definition) is 2. The first-order valence-corrected chi connectivity index (χ1v) is 10.6. The molecule has 0 amide bonds. The van der Waals surface area contributed by atoms with Gasteiger partial charge in [0.2, 0.25) is 0 Å². The van der Waals surface area contributed by atoms with Crippen LogP contribution in [0.25, 0.3) is 0 Å². The highest BCUT2D eigenvalue weighted by molar-refractivity contribution is 14.0. The molecule has 1 aliphatic heterocycles. The molecule has 1 aromatic heterocycles. The van der Waals surface area contributed by atoms with Crippen LogP contribution in [-0.2, 0) is 6.42 Å². The molecule has 2 heterocycles. The van der Waals surface area contributed by atoms with Crippen molar-refractivity contribution < 1.29 is 0 Å². The topological polar surface area (TPSA) is 52.6 Å². The number of hydrogen-bond acceptors (Lipinski definition) is 4. The Bertz CT molecular complexity index is 524. The van der Waals surface area contributed by atoms with Crippen molar-refractivity contribution in [2.24, 2.45) is 16.8 Å². The van der Waals surface area contributed by atoms with E-state index in [-0.39, 0.29) is 24.0 Å². The van der Waals surface area contributed by atoms with Crippen LogP contribution in [0.3, 0.4) is 0 Å². The number of piperidine rings is 1. The minimum Gasteiger partial charge on any atom is -0.357 e. The molecule has 26 heavy (non-hydrogen) atoms. The molecule has 2 unspecified atom stereocenters. The Morgan fingerprint density at radius 2 is 2.04 bits per heavy atom. The van der Waals surface area contributed by atoms with E-state index in [1.807, 2.05) is 0 Å². The van der Waals surface area contributed by atoms with Gasteiger partial charge in [0.15, 0.2) is 5.96 Å². The van der Waals surface area contributed by atoms with Crippen LogP contribution in [0.1, 0.15) is 44.3 Å². The first kappa shape index (κ1) is 23.6. The van der Waals surface area contributed by atoms with E-state index >= 15 is 0 Å². The summed E-state index contributed by atoms with van der Waals surface area (Å²) in [5.41, 5.74) is 1.17. The first-order chi connectivity index (χ1) is 12.1. The van der Waals surface area contributed by atoms with E-state index in [2.05, 4.69) is 53.6 Å². The smallest absolute Gasteiger partial charge is 0.191 e. The average Bonchev–Trinajstić information content (AvgIpc) is 2.96. The second-order valence-electron chi connectivity index (χ2n) is 7.35. The van der Waals surface area contributed by atoms with Crippen LogP contribution in [0.15, 0.2) is 10.4 Å². The lowest BCUT2D eigenvalue weighted by Crippen LogP contribution is -2.40. The summed E-state index contributed by atoms with van der Waals surface area (Å²) in [7, 11) is 0. The number of halogens is 1. The summed E-state index contributed by atoms with van der Waals surface area (Å²) in [5.74, 6) is 2.59. The van der Waals surface area contributed by atoms with Crippen molar-refractivity contribution >= 4 is 41.3 Å². The van der Waals surface area contributed by atoms with Crippen LogP contribution < -0.4 is 10.6 Å². The van der Waals surface area contributed by atoms with Gasteiger partial charge in [0.25, 0.3) is 0 Å². The molecule has 0 spiro atoms. The highest BCUT2D eigenvalue weighted by atomic mass is 127. The van der Waals surface area contributed by atoms with Crippen LogP contribution in [0.2, 0.25) is 0 Å². The molecule has 0 radical (unpaired) electrons. The lowest BCUT2D eigenvalue weighted by Gasteiger charge is -2.34. The molecule has 7 heteroatoms. The fourth-order valence-electron chi connectivity index (χ4n) is 3.63. The number of guanidine groups is 1. The predicted octanol–water partition coefficient (Wildman–Crippen LogP) is 3.54. The molecule has 1 aromatic rings. The highest BCUT2D eigenvalue weighted by Crippen LogP contribution is 2.20. The summed E-state index contributed by atoms with van der Waals surface area (Å²) >= 11 is 1.71. The quantitative estimate of drug-likeness (QED) is 0.252. The number of aryl methyl sites for hydroxylation is 1. The second-order valence-corrected chi connectivity index (χ2v) is 8.42. The van der Waals surface area contributed by atoms with Crippen molar-refractivity contribution in [2.75, 3.05) is 39.3 Å². The number of nitrogens with one attached hydrogen (secondary N) is 2. The summed E-state index contributed by atoms with van der Waals surface area (Å²) < 4.78 is 0. The van der Waals surface area contributed by atoms with E-state index in [4.69, 9.17) is 4.99 Å². The Balaban J connectivity index is 0.00000338. The van der Waals surface area contributed by atoms with Gasteiger partial charge in [-0.25, -0.2) is 4.98 Å². The number of likely N-dealkylation sites (tertiary alicyclic amines) is 1. The van der Waals surface area contributed by atoms with Gasteiger partial charge < -0.3 is 15.5 Å². The van der Waals surface area contributed by atoms with Gasteiger partial charge in [-0.05, 0) is 45.1 Å². The van der Waals surface area contributed by atoms with Gasteiger partial charge in [-0.15, -0.1) is 35.3 Å². The molecule has 1 aliphatic rings. The lowest BCUT2D eigenvalue weighted by atomic mass is 9.92. The first-order valence-electron chi connectivity index (χ1n) is 9.72. The van der Waals surface area contributed by atoms with Gasteiger partial charge in [0.05, 0.1) is 10.7 Å². The summed E-state index contributed by atoms with van der Waals surface area (Å²) in [4.78, 5) is 11.8. The predicted molar refractivity (Wildman–Crippen MR) is 124 cm³/mol. The van der Waals surface area contributed by atoms with Gasteiger partial charge in [-0.1, -0.05) is 13.8 Å². The summed E-state index contributed by atoms with van der Waals surface area (Å²) in [5, 5.41) is 10.0. The van der Waals surface area contributed by atoms with Gasteiger partial charge in [0, 0.05) is 44.5 Å². The molecule has 150 valence electrons. The third-order valence-electron chi connectivity index (χ3n) is 4.53. The zero-order valence-electron chi connectivity index (χ0n) is 16.8.